The summed E-state index contributed by atoms with van der Waals surface area (Å²) in [5, 5.41) is 10.6. The van der Waals surface area contributed by atoms with Crippen LogP contribution in [0.1, 0.15) is 13.8 Å². The number of halogens is 1. The Kier molecular flexibility index (Phi) is 7.07. The number of hydrogen-bond acceptors (Lipinski definition) is 7. The van der Waals surface area contributed by atoms with Crippen molar-refractivity contribution in [2.45, 2.75) is 19.1 Å². The second-order valence-corrected chi connectivity index (χ2v) is 6.64. The summed E-state index contributed by atoms with van der Waals surface area (Å²) >= 11 is 1.06. The van der Waals surface area contributed by atoms with Gasteiger partial charge < -0.3 is 19.2 Å². The van der Waals surface area contributed by atoms with E-state index in [0.29, 0.717) is 30.4 Å². The summed E-state index contributed by atoms with van der Waals surface area (Å²) in [5.41, 5.74) is 0.800. The molecule has 0 fully saturated rings. The first-order chi connectivity index (χ1) is 14.1. The lowest BCUT2D eigenvalue weighted by atomic mass is 10.2. The van der Waals surface area contributed by atoms with E-state index in [1.165, 1.54) is 6.07 Å². The standard InChI is InChI=1S/C20H20FN3O4S/c1-3-26-16-10-9-13(11-17(16)27-4-2)22-18(25)12-29-20-24-23-19(28-20)14-7-5-6-8-15(14)21/h5-11H,3-4,12H2,1-2H3,(H,22,25). The molecule has 2 aromatic carbocycles. The van der Waals surface area contributed by atoms with Gasteiger partial charge in [-0.15, -0.1) is 10.2 Å². The summed E-state index contributed by atoms with van der Waals surface area (Å²) in [7, 11) is 0. The van der Waals surface area contributed by atoms with Crippen LogP contribution >= 0.6 is 11.8 Å². The highest BCUT2D eigenvalue weighted by molar-refractivity contribution is 7.99. The molecule has 29 heavy (non-hydrogen) atoms. The maximum atomic E-state index is 13.8. The third-order valence-corrected chi connectivity index (χ3v) is 4.48. The van der Waals surface area contributed by atoms with Crippen molar-refractivity contribution < 1.29 is 23.1 Å². The van der Waals surface area contributed by atoms with Crippen molar-refractivity contribution in [3.63, 3.8) is 0 Å². The summed E-state index contributed by atoms with van der Waals surface area (Å²) in [6.07, 6.45) is 0. The van der Waals surface area contributed by atoms with Gasteiger partial charge in [-0.05, 0) is 38.1 Å². The number of hydrogen-bond donors (Lipinski definition) is 1. The second-order valence-electron chi connectivity index (χ2n) is 5.72. The molecule has 1 heterocycles. The van der Waals surface area contributed by atoms with E-state index in [4.69, 9.17) is 13.9 Å². The van der Waals surface area contributed by atoms with E-state index >= 15 is 0 Å². The minimum atomic E-state index is -0.453. The van der Waals surface area contributed by atoms with E-state index in [0.717, 1.165) is 11.8 Å². The van der Waals surface area contributed by atoms with Crippen LogP contribution < -0.4 is 14.8 Å². The first-order valence-electron chi connectivity index (χ1n) is 9.01. The fourth-order valence-corrected chi connectivity index (χ4v) is 3.03. The van der Waals surface area contributed by atoms with Gasteiger partial charge in [-0.2, -0.15) is 0 Å². The summed E-state index contributed by atoms with van der Waals surface area (Å²) < 4.78 is 30.3. The lowest BCUT2D eigenvalue weighted by Gasteiger charge is -2.12. The van der Waals surface area contributed by atoms with Crippen molar-refractivity contribution in [1.82, 2.24) is 10.2 Å². The van der Waals surface area contributed by atoms with Gasteiger partial charge in [0.15, 0.2) is 11.5 Å². The summed E-state index contributed by atoms with van der Waals surface area (Å²) in [6.45, 7) is 4.76. The normalized spacial score (nSPS) is 10.6. The molecule has 0 aliphatic carbocycles. The summed E-state index contributed by atoms with van der Waals surface area (Å²) in [5.74, 6) is 0.590. The van der Waals surface area contributed by atoms with Crippen molar-refractivity contribution in [1.29, 1.82) is 0 Å². The van der Waals surface area contributed by atoms with Gasteiger partial charge in [-0.3, -0.25) is 4.79 Å². The Bertz CT molecular complexity index is 980. The molecule has 1 N–H and O–H groups in total. The largest absolute Gasteiger partial charge is 0.490 e. The Hall–Kier alpha value is -3.07. The number of carbonyl (C=O) groups is 1. The second kappa shape index (κ2) is 9.92. The first-order valence-corrected chi connectivity index (χ1v) is 10.00. The molecule has 0 atom stereocenters. The molecule has 0 bridgehead atoms. The van der Waals surface area contributed by atoms with Crippen molar-refractivity contribution in [3.8, 4) is 23.0 Å². The SMILES string of the molecule is CCOc1ccc(NC(=O)CSc2nnc(-c3ccccc3F)o2)cc1OCC. The Morgan fingerprint density at radius 1 is 1.10 bits per heavy atom. The van der Waals surface area contributed by atoms with E-state index in [1.54, 1.807) is 36.4 Å². The number of amides is 1. The van der Waals surface area contributed by atoms with Gasteiger partial charge in [0.1, 0.15) is 5.82 Å². The smallest absolute Gasteiger partial charge is 0.277 e. The van der Waals surface area contributed by atoms with Crippen LogP contribution in [0.4, 0.5) is 10.1 Å². The Morgan fingerprint density at radius 3 is 2.62 bits per heavy atom. The number of benzene rings is 2. The molecule has 9 heteroatoms. The summed E-state index contributed by atoms with van der Waals surface area (Å²) in [6, 6.07) is 11.3. The van der Waals surface area contributed by atoms with Crippen LogP contribution in [0.3, 0.4) is 0 Å². The zero-order chi connectivity index (χ0) is 20.6. The number of ether oxygens (including phenoxy) is 2. The lowest BCUT2D eigenvalue weighted by molar-refractivity contribution is -0.113. The molecule has 7 nitrogen and oxygen atoms in total. The van der Waals surface area contributed by atoms with Crippen molar-refractivity contribution in [3.05, 3.63) is 48.3 Å². The van der Waals surface area contributed by atoms with Crippen LogP contribution in [0.15, 0.2) is 52.1 Å². The van der Waals surface area contributed by atoms with Gasteiger partial charge in [-0.1, -0.05) is 23.9 Å². The van der Waals surface area contributed by atoms with Crippen molar-refractivity contribution >= 4 is 23.4 Å². The highest BCUT2D eigenvalue weighted by atomic mass is 32.2. The van der Waals surface area contributed by atoms with Crippen LogP contribution in [-0.4, -0.2) is 35.1 Å². The van der Waals surface area contributed by atoms with Gasteiger partial charge in [-0.25, -0.2) is 4.39 Å². The Balaban J connectivity index is 1.59. The zero-order valence-electron chi connectivity index (χ0n) is 16.0. The van der Waals surface area contributed by atoms with E-state index < -0.39 is 5.82 Å². The molecule has 0 aliphatic heterocycles. The Morgan fingerprint density at radius 2 is 1.86 bits per heavy atom. The monoisotopic (exact) mass is 417 g/mol. The lowest BCUT2D eigenvalue weighted by Crippen LogP contribution is -2.14. The highest BCUT2D eigenvalue weighted by Crippen LogP contribution is 2.31. The van der Waals surface area contributed by atoms with Crippen LogP contribution in [0.25, 0.3) is 11.5 Å². The van der Waals surface area contributed by atoms with Crippen molar-refractivity contribution in [2.24, 2.45) is 0 Å². The predicted octanol–water partition coefficient (Wildman–Crippen LogP) is 4.40. The number of aromatic nitrogens is 2. The van der Waals surface area contributed by atoms with E-state index in [2.05, 4.69) is 15.5 Å². The molecular formula is C20H20FN3O4S. The number of nitrogens with zero attached hydrogens (tertiary/aromatic N) is 2. The number of anilines is 1. The van der Waals surface area contributed by atoms with Crippen LogP contribution in [0.2, 0.25) is 0 Å². The average molecular weight is 417 g/mol. The van der Waals surface area contributed by atoms with Gasteiger partial charge in [0.25, 0.3) is 11.1 Å². The molecule has 152 valence electrons. The maximum Gasteiger partial charge on any atom is 0.277 e. The molecule has 3 rings (SSSR count). The molecule has 1 aromatic heterocycles. The molecule has 0 aliphatic rings. The molecule has 1 amide bonds. The van der Waals surface area contributed by atoms with Gasteiger partial charge in [0.05, 0.1) is 24.5 Å². The van der Waals surface area contributed by atoms with Crippen molar-refractivity contribution in [2.75, 3.05) is 24.3 Å². The minimum Gasteiger partial charge on any atom is -0.490 e. The fourth-order valence-electron chi connectivity index (χ4n) is 2.46. The van der Waals surface area contributed by atoms with Gasteiger partial charge in [0.2, 0.25) is 5.91 Å². The van der Waals surface area contributed by atoms with E-state index in [-0.39, 0.29) is 28.3 Å². The minimum absolute atomic E-state index is 0.0517. The Labute approximate surface area is 171 Å². The van der Waals surface area contributed by atoms with Gasteiger partial charge >= 0.3 is 0 Å². The quantitative estimate of drug-likeness (QED) is 0.516. The molecule has 0 spiro atoms. The molecular weight excluding hydrogens is 397 g/mol. The van der Waals surface area contributed by atoms with Crippen LogP contribution in [0.5, 0.6) is 11.5 Å². The van der Waals surface area contributed by atoms with E-state index in [9.17, 15) is 9.18 Å². The number of nitrogens with one attached hydrogen (secondary N) is 1. The number of rotatable bonds is 9. The molecule has 0 saturated carbocycles. The third kappa shape index (κ3) is 5.47. The predicted molar refractivity (Wildman–Crippen MR) is 108 cm³/mol. The van der Waals surface area contributed by atoms with Gasteiger partial charge in [0, 0.05) is 11.8 Å². The highest BCUT2D eigenvalue weighted by Gasteiger charge is 2.14. The molecule has 0 unspecified atom stereocenters. The zero-order valence-corrected chi connectivity index (χ0v) is 16.8. The molecule has 0 radical (unpaired) electrons. The first kappa shape index (κ1) is 20.7. The molecule has 3 aromatic rings. The third-order valence-electron chi connectivity index (χ3n) is 3.66. The fraction of sp³-hybridized carbons (Fsp3) is 0.250. The van der Waals surface area contributed by atoms with E-state index in [1.807, 2.05) is 13.8 Å². The maximum absolute atomic E-state index is 13.8. The number of carbonyl (C=O) groups excluding carboxylic acids is 1. The topological polar surface area (TPSA) is 86.5 Å². The number of thioether (sulfide) groups is 1. The van der Waals surface area contributed by atoms with Crippen LogP contribution in [-0.2, 0) is 4.79 Å². The van der Waals surface area contributed by atoms with Crippen LogP contribution in [0, 0.1) is 5.82 Å². The molecule has 0 saturated heterocycles. The summed E-state index contributed by atoms with van der Waals surface area (Å²) in [4.78, 5) is 12.2. The average Bonchev–Trinajstić information content (AvgIpc) is 3.18.